The minimum atomic E-state index is -0.813. The molecule has 0 saturated heterocycles. The van der Waals surface area contributed by atoms with E-state index in [1.807, 2.05) is 52.9 Å². The summed E-state index contributed by atoms with van der Waals surface area (Å²) in [6.07, 6.45) is 6.42. The number of H-pyrrole nitrogens is 1. The predicted molar refractivity (Wildman–Crippen MR) is 148 cm³/mol. The number of pyridine rings is 1. The van der Waals surface area contributed by atoms with E-state index in [0.717, 1.165) is 53.6 Å². The van der Waals surface area contributed by atoms with E-state index in [9.17, 15) is 9.59 Å². The van der Waals surface area contributed by atoms with Gasteiger partial charge >= 0.3 is 0 Å². The fraction of sp³-hybridized carbons (Fsp3) is 0.484. The zero-order valence-corrected chi connectivity index (χ0v) is 23.4. The molecule has 206 valence electrons. The second kappa shape index (κ2) is 9.59. The first-order valence-electron chi connectivity index (χ1n) is 14.0. The van der Waals surface area contributed by atoms with Crippen molar-refractivity contribution >= 4 is 5.91 Å². The SMILES string of the molecule is CNC1CCC([C@]2(C)Oc3c(C)c4c(c(-c5ccco5)c3O2)CCN(Cc2c(C)cc(C)[nH]c2=O)C4=O)CC1. The van der Waals surface area contributed by atoms with Crippen molar-refractivity contribution in [1.29, 1.82) is 0 Å². The average molecular weight is 532 g/mol. The van der Waals surface area contributed by atoms with Crippen LogP contribution < -0.4 is 20.3 Å². The van der Waals surface area contributed by atoms with Gasteiger partial charge in [-0.1, -0.05) is 0 Å². The summed E-state index contributed by atoms with van der Waals surface area (Å²) in [5.74, 6) is 1.28. The molecular formula is C31H37N3O5. The van der Waals surface area contributed by atoms with Crippen LogP contribution in [0.3, 0.4) is 0 Å². The maximum absolute atomic E-state index is 14.1. The third kappa shape index (κ3) is 4.25. The lowest BCUT2D eigenvalue weighted by molar-refractivity contribution is -0.121. The van der Waals surface area contributed by atoms with Crippen LogP contribution in [0.25, 0.3) is 11.3 Å². The van der Waals surface area contributed by atoms with Crippen molar-refractivity contribution in [3.63, 3.8) is 0 Å². The number of hydrogen-bond donors (Lipinski definition) is 2. The zero-order chi connectivity index (χ0) is 27.5. The molecule has 8 heteroatoms. The van der Waals surface area contributed by atoms with Gasteiger partial charge in [-0.3, -0.25) is 9.59 Å². The van der Waals surface area contributed by atoms with Gasteiger partial charge in [0.15, 0.2) is 11.5 Å². The van der Waals surface area contributed by atoms with E-state index in [1.54, 1.807) is 11.2 Å². The Morgan fingerprint density at radius 1 is 1.08 bits per heavy atom. The number of furan rings is 1. The van der Waals surface area contributed by atoms with Crippen molar-refractivity contribution in [2.24, 2.45) is 5.92 Å². The second-order valence-corrected chi connectivity index (χ2v) is 11.5. The standard InChI is InChI=1S/C31H37N3O5/c1-17-15-18(2)33-29(35)23(17)16-34-13-12-22-25(30(34)36)19(3)27-28(26(22)24-7-6-14-37-24)39-31(4,38-27)20-8-10-21(32-5)11-9-20/h6-7,14-15,20-21,32H,8-13,16H2,1-5H3,(H,33,35)/t20?,21?,31-/m1/s1. The van der Waals surface area contributed by atoms with E-state index in [0.29, 0.717) is 47.4 Å². The highest BCUT2D eigenvalue weighted by Crippen LogP contribution is 2.55. The number of nitrogens with zero attached hydrogens (tertiary/aromatic N) is 1. The number of carbonyl (C=O) groups is 1. The lowest BCUT2D eigenvalue weighted by Crippen LogP contribution is -2.46. The third-order valence-corrected chi connectivity index (χ3v) is 8.98. The first-order chi connectivity index (χ1) is 18.7. The number of rotatable bonds is 5. The van der Waals surface area contributed by atoms with Crippen molar-refractivity contribution in [3.8, 4) is 22.8 Å². The van der Waals surface area contributed by atoms with Gasteiger partial charge in [0, 0.05) is 42.2 Å². The summed E-state index contributed by atoms with van der Waals surface area (Å²) in [6.45, 7) is 8.52. The molecule has 1 aromatic carbocycles. The Morgan fingerprint density at radius 2 is 1.82 bits per heavy atom. The Kier molecular flexibility index (Phi) is 6.33. The minimum Gasteiger partial charge on any atom is -0.464 e. The number of aromatic amines is 1. The molecule has 4 heterocycles. The zero-order valence-electron chi connectivity index (χ0n) is 23.4. The molecule has 1 aliphatic carbocycles. The number of ether oxygens (including phenoxy) is 2. The first kappa shape index (κ1) is 25.7. The molecule has 2 aliphatic heterocycles. The normalized spacial score (nSPS) is 24.2. The average Bonchev–Trinajstić information content (AvgIpc) is 3.56. The van der Waals surface area contributed by atoms with Crippen LogP contribution in [0.4, 0.5) is 0 Å². The predicted octanol–water partition coefficient (Wildman–Crippen LogP) is 5.02. The van der Waals surface area contributed by atoms with Gasteiger partial charge in [0.2, 0.25) is 0 Å². The Labute approximate surface area is 228 Å². The van der Waals surface area contributed by atoms with Crippen LogP contribution in [0.2, 0.25) is 0 Å². The van der Waals surface area contributed by atoms with Crippen molar-refractivity contribution in [2.45, 2.75) is 78.2 Å². The maximum Gasteiger partial charge on any atom is 0.254 e. The highest BCUT2D eigenvalue weighted by atomic mass is 16.7. The van der Waals surface area contributed by atoms with Gasteiger partial charge < -0.3 is 29.1 Å². The first-order valence-corrected chi connectivity index (χ1v) is 14.0. The van der Waals surface area contributed by atoms with Gasteiger partial charge in [-0.25, -0.2) is 0 Å². The van der Waals surface area contributed by atoms with Gasteiger partial charge in [-0.15, -0.1) is 0 Å². The summed E-state index contributed by atoms with van der Waals surface area (Å²) < 4.78 is 19.3. The van der Waals surface area contributed by atoms with Gasteiger partial charge in [-0.2, -0.15) is 0 Å². The van der Waals surface area contributed by atoms with Crippen LogP contribution in [-0.2, 0) is 13.0 Å². The quantitative estimate of drug-likeness (QED) is 0.480. The Bertz CT molecular complexity index is 1480. The van der Waals surface area contributed by atoms with E-state index in [1.165, 1.54) is 0 Å². The number of nitrogens with one attached hydrogen (secondary N) is 2. The molecule has 39 heavy (non-hydrogen) atoms. The molecule has 8 nitrogen and oxygen atoms in total. The van der Waals surface area contributed by atoms with Crippen LogP contribution in [0.15, 0.2) is 33.7 Å². The molecule has 1 amide bonds. The van der Waals surface area contributed by atoms with Crippen LogP contribution >= 0.6 is 0 Å². The monoisotopic (exact) mass is 531 g/mol. The minimum absolute atomic E-state index is 0.101. The van der Waals surface area contributed by atoms with Gasteiger partial charge in [0.25, 0.3) is 17.3 Å². The molecule has 1 atom stereocenters. The summed E-state index contributed by atoms with van der Waals surface area (Å²) in [4.78, 5) is 31.4. The largest absolute Gasteiger partial charge is 0.464 e. The number of hydrogen-bond acceptors (Lipinski definition) is 6. The lowest BCUT2D eigenvalue weighted by atomic mass is 9.81. The molecule has 0 bridgehead atoms. The number of carbonyl (C=O) groups excluding carboxylic acids is 1. The maximum atomic E-state index is 14.1. The molecule has 0 unspecified atom stereocenters. The lowest BCUT2D eigenvalue weighted by Gasteiger charge is -2.37. The fourth-order valence-corrected chi connectivity index (χ4v) is 6.75. The highest BCUT2D eigenvalue weighted by Gasteiger charge is 2.49. The van der Waals surface area contributed by atoms with Crippen molar-refractivity contribution in [3.05, 3.63) is 68.3 Å². The molecule has 0 spiro atoms. The molecule has 3 aliphatic rings. The molecule has 2 aromatic heterocycles. The van der Waals surface area contributed by atoms with Crippen molar-refractivity contribution in [2.75, 3.05) is 13.6 Å². The van der Waals surface area contributed by atoms with Gasteiger partial charge in [-0.05, 0) is 89.2 Å². The van der Waals surface area contributed by atoms with E-state index < -0.39 is 5.79 Å². The summed E-state index contributed by atoms with van der Waals surface area (Å²) >= 11 is 0. The van der Waals surface area contributed by atoms with Crippen LogP contribution in [0.5, 0.6) is 11.5 Å². The molecule has 1 fully saturated rings. The molecular weight excluding hydrogens is 494 g/mol. The van der Waals surface area contributed by atoms with Crippen LogP contribution in [0, 0.1) is 26.7 Å². The molecule has 2 N–H and O–H groups in total. The molecule has 1 saturated carbocycles. The van der Waals surface area contributed by atoms with Gasteiger partial charge in [0.05, 0.1) is 23.9 Å². The van der Waals surface area contributed by atoms with E-state index in [4.69, 9.17) is 13.9 Å². The van der Waals surface area contributed by atoms with Gasteiger partial charge in [0.1, 0.15) is 5.76 Å². The number of amides is 1. The second-order valence-electron chi connectivity index (χ2n) is 11.5. The van der Waals surface area contributed by atoms with Crippen LogP contribution in [0.1, 0.15) is 70.9 Å². The molecule has 0 radical (unpaired) electrons. The third-order valence-electron chi connectivity index (χ3n) is 8.98. The molecule has 3 aromatic rings. The van der Waals surface area contributed by atoms with Crippen molar-refractivity contribution < 1.29 is 18.7 Å². The van der Waals surface area contributed by atoms with Crippen LogP contribution in [-0.4, -0.2) is 41.2 Å². The summed E-state index contributed by atoms with van der Waals surface area (Å²) in [6, 6.07) is 6.23. The molecule has 6 rings (SSSR count). The summed E-state index contributed by atoms with van der Waals surface area (Å²) in [5, 5.41) is 3.40. The topological polar surface area (TPSA) is 96.8 Å². The number of benzene rings is 1. The fourth-order valence-electron chi connectivity index (χ4n) is 6.75. The smallest absolute Gasteiger partial charge is 0.254 e. The van der Waals surface area contributed by atoms with Crippen molar-refractivity contribution in [1.82, 2.24) is 15.2 Å². The number of aromatic nitrogens is 1. The Hall–Kier alpha value is -3.52. The number of fused-ring (bicyclic) bond motifs is 2. The van der Waals surface area contributed by atoms with E-state index in [2.05, 4.69) is 10.3 Å². The van der Waals surface area contributed by atoms with E-state index in [-0.39, 0.29) is 23.9 Å². The summed E-state index contributed by atoms with van der Waals surface area (Å²) in [5.41, 5.74) is 5.30. The highest BCUT2D eigenvalue weighted by molar-refractivity contribution is 6.02. The number of aryl methyl sites for hydroxylation is 2. The Morgan fingerprint density at radius 3 is 2.49 bits per heavy atom. The Balaban J connectivity index is 1.40. The van der Waals surface area contributed by atoms with E-state index >= 15 is 0 Å². The summed E-state index contributed by atoms with van der Waals surface area (Å²) in [7, 11) is 2.02.